The smallest absolute Gasteiger partial charge is 0.303 e. The number of aliphatic carboxylic acids is 1. The van der Waals surface area contributed by atoms with Crippen LogP contribution in [0.1, 0.15) is 37.2 Å². The second kappa shape index (κ2) is 4.58. The van der Waals surface area contributed by atoms with Crippen molar-refractivity contribution < 1.29 is 18.3 Å². The van der Waals surface area contributed by atoms with E-state index in [1.165, 1.54) is 0 Å². The van der Waals surface area contributed by atoms with Crippen LogP contribution in [0.5, 0.6) is 0 Å². The van der Waals surface area contributed by atoms with Crippen LogP contribution in [0.4, 0.5) is 0 Å². The predicted molar refractivity (Wildman–Crippen MR) is 75.3 cm³/mol. The minimum atomic E-state index is -3.19. The molecule has 0 aromatic heterocycles. The Bertz CT molecular complexity index is 617. The summed E-state index contributed by atoms with van der Waals surface area (Å²) in [4.78, 5) is 10.8. The van der Waals surface area contributed by atoms with Gasteiger partial charge in [-0.1, -0.05) is 30.3 Å². The first-order valence-electron chi connectivity index (χ1n) is 6.90. The van der Waals surface area contributed by atoms with Crippen molar-refractivity contribution in [1.82, 2.24) is 0 Å². The zero-order valence-corrected chi connectivity index (χ0v) is 12.0. The molecule has 0 spiro atoms. The van der Waals surface area contributed by atoms with Crippen molar-refractivity contribution in [3.63, 3.8) is 0 Å². The van der Waals surface area contributed by atoms with Gasteiger partial charge in [0.05, 0.1) is 17.4 Å². The molecule has 0 bridgehead atoms. The van der Waals surface area contributed by atoms with E-state index in [1.54, 1.807) is 0 Å². The standard InChI is InChI=1S/C15H18O4S/c16-14(17)9-15(6-7-15)10-20(18,19)13-8-12(13)11-4-2-1-3-5-11/h1-5,12-13H,6-10H2,(H,16,17). The van der Waals surface area contributed by atoms with E-state index in [0.29, 0.717) is 6.42 Å². The number of rotatable bonds is 6. The number of carboxylic acid groups (broad SMARTS) is 1. The van der Waals surface area contributed by atoms with Crippen LogP contribution in [0.2, 0.25) is 0 Å². The number of hydrogen-bond acceptors (Lipinski definition) is 3. The third-order valence-electron chi connectivity index (χ3n) is 4.41. The fraction of sp³-hybridized carbons (Fsp3) is 0.533. The zero-order chi connectivity index (χ0) is 14.4. The molecule has 1 aromatic carbocycles. The molecule has 1 aromatic rings. The van der Waals surface area contributed by atoms with Gasteiger partial charge in [-0.15, -0.1) is 0 Å². The van der Waals surface area contributed by atoms with Crippen LogP contribution in [0.15, 0.2) is 30.3 Å². The molecule has 0 radical (unpaired) electrons. The van der Waals surface area contributed by atoms with Crippen LogP contribution < -0.4 is 0 Å². The Hall–Kier alpha value is -1.36. The van der Waals surface area contributed by atoms with Gasteiger partial charge in [0.2, 0.25) is 0 Å². The lowest BCUT2D eigenvalue weighted by molar-refractivity contribution is -0.138. The van der Waals surface area contributed by atoms with Gasteiger partial charge in [-0.3, -0.25) is 4.79 Å². The van der Waals surface area contributed by atoms with E-state index in [4.69, 9.17) is 5.11 Å². The van der Waals surface area contributed by atoms with E-state index in [1.807, 2.05) is 30.3 Å². The summed E-state index contributed by atoms with van der Waals surface area (Å²) >= 11 is 0. The molecule has 0 aliphatic heterocycles. The van der Waals surface area contributed by atoms with Gasteiger partial charge in [0.1, 0.15) is 0 Å². The van der Waals surface area contributed by atoms with Crippen LogP contribution in [0.3, 0.4) is 0 Å². The van der Waals surface area contributed by atoms with Gasteiger partial charge in [-0.05, 0) is 30.2 Å². The van der Waals surface area contributed by atoms with Gasteiger partial charge in [-0.25, -0.2) is 8.42 Å². The van der Waals surface area contributed by atoms with Gasteiger partial charge >= 0.3 is 5.97 Å². The summed E-state index contributed by atoms with van der Waals surface area (Å²) < 4.78 is 24.8. The number of carboxylic acids is 1. The molecule has 3 rings (SSSR count). The summed E-state index contributed by atoms with van der Waals surface area (Å²) in [5.41, 5.74) is 0.596. The maximum Gasteiger partial charge on any atom is 0.303 e. The van der Waals surface area contributed by atoms with Crippen LogP contribution in [-0.2, 0) is 14.6 Å². The highest BCUT2D eigenvalue weighted by Crippen LogP contribution is 2.54. The lowest BCUT2D eigenvalue weighted by Crippen LogP contribution is -2.23. The second-order valence-electron chi connectivity index (χ2n) is 6.17. The number of carbonyl (C=O) groups is 1. The fourth-order valence-electron chi connectivity index (χ4n) is 3.02. The Morgan fingerprint density at radius 1 is 1.25 bits per heavy atom. The summed E-state index contributed by atoms with van der Waals surface area (Å²) in [6.45, 7) is 0. The Morgan fingerprint density at radius 2 is 1.90 bits per heavy atom. The minimum absolute atomic E-state index is 0.0189. The molecule has 5 heteroatoms. The maximum absolute atomic E-state index is 12.4. The predicted octanol–water partition coefficient (Wildman–Crippen LogP) is 2.21. The first-order chi connectivity index (χ1) is 9.42. The van der Waals surface area contributed by atoms with Crippen molar-refractivity contribution in [2.45, 2.75) is 36.9 Å². The van der Waals surface area contributed by atoms with Gasteiger partial charge < -0.3 is 5.11 Å². The largest absolute Gasteiger partial charge is 0.481 e. The molecule has 1 N–H and O–H groups in total. The molecule has 2 atom stereocenters. The van der Waals surface area contributed by atoms with Crippen molar-refractivity contribution in [3.05, 3.63) is 35.9 Å². The first-order valence-corrected chi connectivity index (χ1v) is 8.62. The second-order valence-corrected chi connectivity index (χ2v) is 8.39. The summed E-state index contributed by atoms with van der Waals surface area (Å²) in [5.74, 6) is -0.754. The van der Waals surface area contributed by atoms with E-state index in [2.05, 4.69) is 0 Å². The quantitative estimate of drug-likeness (QED) is 0.873. The molecular weight excluding hydrogens is 276 g/mol. The van der Waals surface area contributed by atoms with Gasteiger partial charge in [0.25, 0.3) is 0 Å². The Labute approximate surface area is 118 Å². The third-order valence-corrected chi connectivity index (χ3v) is 6.87. The molecule has 2 saturated carbocycles. The van der Waals surface area contributed by atoms with Gasteiger partial charge in [0, 0.05) is 5.92 Å². The Kier molecular flexibility index (Phi) is 3.12. The summed E-state index contributed by atoms with van der Waals surface area (Å²) in [5, 5.41) is 8.57. The lowest BCUT2D eigenvalue weighted by atomic mass is 10.1. The zero-order valence-electron chi connectivity index (χ0n) is 11.2. The highest BCUT2D eigenvalue weighted by molar-refractivity contribution is 7.92. The van der Waals surface area contributed by atoms with Crippen LogP contribution in [0.25, 0.3) is 0 Å². The Balaban J connectivity index is 1.68. The average Bonchev–Trinajstić information content (AvgIpc) is 3.24. The normalized spacial score (nSPS) is 27.0. The molecule has 2 unspecified atom stereocenters. The van der Waals surface area contributed by atoms with Crippen molar-refractivity contribution >= 4 is 15.8 Å². The Morgan fingerprint density at radius 3 is 2.45 bits per heavy atom. The SMILES string of the molecule is O=C(O)CC1(CS(=O)(=O)C2CC2c2ccccc2)CC1. The van der Waals surface area contributed by atoms with E-state index >= 15 is 0 Å². The van der Waals surface area contributed by atoms with Crippen LogP contribution in [0, 0.1) is 5.41 Å². The summed E-state index contributed by atoms with van der Waals surface area (Å²) in [6, 6.07) is 9.68. The summed E-state index contributed by atoms with van der Waals surface area (Å²) in [7, 11) is -3.19. The lowest BCUT2D eigenvalue weighted by Gasteiger charge is -2.12. The molecule has 108 valence electrons. The van der Waals surface area contributed by atoms with E-state index < -0.39 is 21.2 Å². The third kappa shape index (κ3) is 2.73. The number of benzene rings is 1. The van der Waals surface area contributed by atoms with Crippen LogP contribution in [-0.4, -0.2) is 30.5 Å². The average molecular weight is 294 g/mol. The van der Waals surface area contributed by atoms with Crippen molar-refractivity contribution in [3.8, 4) is 0 Å². The first kappa shape index (κ1) is 13.6. The topological polar surface area (TPSA) is 71.4 Å². The molecule has 2 aliphatic rings. The molecule has 20 heavy (non-hydrogen) atoms. The number of hydrogen-bond donors (Lipinski definition) is 1. The van der Waals surface area contributed by atoms with Crippen LogP contribution >= 0.6 is 0 Å². The highest BCUT2D eigenvalue weighted by Gasteiger charge is 2.54. The molecule has 2 aliphatic carbocycles. The van der Waals surface area contributed by atoms with Gasteiger partial charge in [0.15, 0.2) is 9.84 Å². The summed E-state index contributed by atoms with van der Waals surface area (Å²) in [6.07, 6.45) is 2.10. The van der Waals surface area contributed by atoms with E-state index in [0.717, 1.165) is 18.4 Å². The van der Waals surface area contributed by atoms with E-state index in [-0.39, 0.29) is 23.3 Å². The maximum atomic E-state index is 12.4. The molecule has 0 heterocycles. The monoisotopic (exact) mass is 294 g/mol. The fourth-order valence-corrected chi connectivity index (χ4v) is 5.64. The molecule has 0 saturated heterocycles. The molecule has 0 amide bonds. The number of sulfone groups is 1. The highest BCUT2D eigenvalue weighted by atomic mass is 32.2. The van der Waals surface area contributed by atoms with Crippen molar-refractivity contribution in [2.24, 2.45) is 5.41 Å². The molecule has 2 fully saturated rings. The molecule has 4 nitrogen and oxygen atoms in total. The van der Waals surface area contributed by atoms with Crippen molar-refractivity contribution in [2.75, 3.05) is 5.75 Å². The molecular formula is C15H18O4S. The van der Waals surface area contributed by atoms with Crippen molar-refractivity contribution in [1.29, 1.82) is 0 Å². The minimum Gasteiger partial charge on any atom is -0.481 e. The van der Waals surface area contributed by atoms with Gasteiger partial charge in [-0.2, -0.15) is 0 Å². The van der Waals surface area contributed by atoms with E-state index in [9.17, 15) is 13.2 Å².